The van der Waals surface area contributed by atoms with Crippen molar-refractivity contribution in [1.29, 1.82) is 0 Å². The summed E-state index contributed by atoms with van der Waals surface area (Å²) in [4.78, 5) is 63.6. The molecule has 6 heterocycles. The number of nitrogens with zero attached hydrogens (tertiary/aromatic N) is 7. The van der Waals surface area contributed by atoms with Crippen LogP contribution in [0.3, 0.4) is 0 Å². The highest BCUT2D eigenvalue weighted by Crippen LogP contribution is 2.50. The Balaban J connectivity index is 1.11. The summed E-state index contributed by atoms with van der Waals surface area (Å²) >= 11 is 0. The fourth-order valence-corrected chi connectivity index (χ4v) is 6.17. The fourth-order valence-electron chi connectivity index (χ4n) is 4.85. The minimum atomic E-state index is -4.91. The molecule has 0 radical (unpaired) electrons. The Morgan fingerprint density at radius 2 is 1.69 bits per heavy atom. The van der Waals surface area contributed by atoms with Crippen molar-refractivity contribution in [3.05, 3.63) is 35.7 Å². The lowest BCUT2D eigenvalue weighted by atomic mass is 10.2. The van der Waals surface area contributed by atoms with Gasteiger partial charge in [-0.05, 0) is 12.8 Å². The van der Waals surface area contributed by atoms with Crippen molar-refractivity contribution in [1.82, 2.24) is 39.0 Å². The number of phosphoric acid groups is 2. The van der Waals surface area contributed by atoms with E-state index < -0.39 is 58.6 Å². The van der Waals surface area contributed by atoms with Crippen molar-refractivity contribution in [3.8, 4) is 0 Å². The van der Waals surface area contributed by atoms with Gasteiger partial charge in [0.1, 0.15) is 36.5 Å². The van der Waals surface area contributed by atoms with Crippen LogP contribution in [0.1, 0.15) is 31.7 Å². The molecule has 0 aromatic carbocycles. The highest BCUT2D eigenvalue weighted by atomic mass is 31.2. The molecule has 2 saturated heterocycles. The maximum atomic E-state index is 12.9. The maximum Gasteiger partial charge on any atom is 0.472 e. The molecule has 6 atom stereocenters. The zero-order valence-corrected chi connectivity index (χ0v) is 23.2. The van der Waals surface area contributed by atoms with Gasteiger partial charge in [-0.2, -0.15) is 0 Å². The average molecular weight is 629 g/mol. The topological polar surface area (TPSA) is 274 Å². The summed E-state index contributed by atoms with van der Waals surface area (Å²) in [6.45, 7) is -0.972. The number of nitrogens with one attached hydrogen (secondary N) is 1. The molecule has 4 aromatic heterocycles. The number of aromatic amines is 1. The smallest absolute Gasteiger partial charge is 0.382 e. The van der Waals surface area contributed by atoms with Gasteiger partial charge in [-0.1, -0.05) is 0 Å². The van der Waals surface area contributed by atoms with Crippen LogP contribution in [-0.2, 0) is 32.2 Å². The molecule has 0 aliphatic carbocycles. The molecule has 2 aliphatic rings. The third kappa shape index (κ3) is 6.00. The van der Waals surface area contributed by atoms with E-state index in [1.807, 2.05) is 0 Å². The van der Waals surface area contributed by atoms with E-state index in [9.17, 15) is 18.8 Å². The van der Waals surface area contributed by atoms with E-state index in [0.29, 0.717) is 24.0 Å². The molecule has 0 bridgehead atoms. The first-order valence-electron chi connectivity index (χ1n) is 12.5. The summed E-state index contributed by atoms with van der Waals surface area (Å²) < 4.78 is 54.3. The lowest BCUT2D eigenvalue weighted by Crippen LogP contribution is -2.28. The van der Waals surface area contributed by atoms with Crippen LogP contribution >= 0.6 is 15.6 Å². The molecule has 4 aromatic rings. The molecule has 22 heteroatoms. The monoisotopic (exact) mass is 629 g/mol. The van der Waals surface area contributed by atoms with Crippen LogP contribution in [0.15, 0.2) is 30.1 Å². The molecular weight excluding hydrogens is 604 g/mol. The molecule has 42 heavy (non-hydrogen) atoms. The van der Waals surface area contributed by atoms with Crippen LogP contribution in [0.2, 0.25) is 0 Å². The maximum absolute atomic E-state index is 12.9. The summed E-state index contributed by atoms with van der Waals surface area (Å²) in [7, 11) is -9.65. The van der Waals surface area contributed by atoms with Crippen molar-refractivity contribution < 1.29 is 46.9 Å². The number of phosphoric ester groups is 2. The van der Waals surface area contributed by atoms with Crippen LogP contribution in [-0.4, -0.2) is 85.2 Å². The van der Waals surface area contributed by atoms with Gasteiger partial charge in [0, 0.05) is 6.42 Å². The number of hydrogen-bond acceptors (Lipinski definition) is 14. The standard InChI is InChI=1S/C20H25N9O11P2/c21-17-15-18(23-6-22-17)28(8-26-15)13-2-1-10(38-13)4-37-42(34,35)40-11-3-14(39-12(11)5-36-41(31,32)33)29-9-27-16-19(29)24-7-25-20(16)30/h6-14H,1-5H2,(H,34,35)(H2,21,22,23)(H,24,25,30)(H2,31,32,33). The number of fused-ring (bicyclic) bond motifs is 2. The van der Waals surface area contributed by atoms with Crippen molar-refractivity contribution in [2.45, 2.75) is 50.0 Å². The van der Waals surface area contributed by atoms with Crippen molar-refractivity contribution in [2.75, 3.05) is 18.9 Å². The molecule has 6 unspecified atom stereocenters. The minimum absolute atomic E-state index is 0.0270. The van der Waals surface area contributed by atoms with E-state index in [2.05, 4.69) is 34.4 Å². The second-order valence-corrected chi connectivity index (χ2v) is 12.1. The van der Waals surface area contributed by atoms with Gasteiger partial charge in [-0.25, -0.2) is 34.0 Å². The molecule has 0 saturated carbocycles. The average Bonchev–Trinajstić information content (AvgIpc) is 3.71. The molecule has 2 aliphatic heterocycles. The molecule has 0 spiro atoms. The number of aromatic nitrogens is 8. The number of nitrogen functional groups attached to an aromatic ring is 1. The summed E-state index contributed by atoms with van der Waals surface area (Å²) in [5.41, 5.74) is 6.44. The van der Waals surface area contributed by atoms with Crippen LogP contribution < -0.4 is 11.3 Å². The summed E-state index contributed by atoms with van der Waals surface area (Å²) in [6.07, 6.45) is 1.83. The van der Waals surface area contributed by atoms with Gasteiger partial charge in [0.2, 0.25) is 0 Å². The molecule has 20 nitrogen and oxygen atoms in total. The Morgan fingerprint density at radius 3 is 2.48 bits per heavy atom. The van der Waals surface area contributed by atoms with Crippen molar-refractivity contribution in [2.24, 2.45) is 0 Å². The second kappa shape index (κ2) is 11.2. The first-order valence-corrected chi connectivity index (χ1v) is 15.5. The molecule has 226 valence electrons. The lowest BCUT2D eigenvalue weighted by Gasteiger charge is -2.22. The molecule has 2 fully saturated rings. The van der Waals surface area contributed by atoms with E-state index in [0.717, 1.165) is 0 Å². The normalized spacial score (nSPS) is 26.3. The van der Waals surface area contributed by atoms with Gasteiger partial charge in [0.25, 0.3) is 5.56 Å². The Labute approximate surface area is 234 Å². The zero-order chi connectivity index (χ0) is 29.6. The number of rotatable bonds is 10. The number of nitrogens with two attached hydrogens (primary N) is 1. The number of imidazole rings is 2. The SMILES string of the molecule is Nc1ncnc2c1ncn2C1CCC(COP(=O)(O)OC2CC(n3cnc4c(=O)[nH]cnc43)OC2COP(=O)(O)O)O1. The van der Waals surface area contributed by atoms with E-state index >= 15 is 0 Å². The summed E-state index contributed by atoms with van der Waals surface area (Å²) in [5, 5.41) is 0. The predicted molar refractivity (Wildman–Crippen MR) is 138 cm³/mol. The number of ether oxygens (including phenoxy) is 2. The largest absolute Gasteiger partial charge is 0.472 e. The first kappa shape index (κ1) is 28.9. The number of H-pyrrole nitrogens is 1. The first-order chi connectivity index (χ1) is 20.0. The molecule has 0 amide bonds. The zero-order valence-electron chi connectivity index (χ0n) is 21.4. The van der Waals surface area contributed by atoms with E-state index in [1.54, 1.807) is 4.57 Å². The van der Waals surface area contributed by atoms with Gasteiger partial charge in [0.05, 0.1) is 38.3 Å². The van der Waals surface area contributed by atoms with Crippen LogP contribution in [0.4, 0.5) is 5.82 Å². The van der Waals surface area contributed by atoms with E-state index in [-0.39, 0.29) is 30.0 Å². The molecule has 6 rings (SSSR count). The number of anilines is 1. The highest BCUT2D eigenvalue weighted by molar-refractivity contribution is 7.47. The quantitative estimate of drug-likeness (QED) is 0.146. The van der Waals surface area contributed by atoms with Gasteiger partial charge in [-0.15, -0.1) is 0 Å². The van der Waals surface area contributed by atoms with Crippen LogP contribution in [0.25, 0.3) is 22.3 Å². The Bertz CT molecular complexity index is 1760. The fraction of sp³-hybridized carbons (Fsp3) is 0.500. The van der Waals surface area contributed by atoms with Crippen molar-refractivity contribution in [3.63, 3.8) is 0 Å². The van der Waals surface area contributed by atoms with Crippen LogP contribution in [0.5, 0.6) is 0 Å². The second-order valence-electron chi connectivity index (χ2n) is 9.49. The van der Waals surface area contributed by atoms with Gasteiger partial charge >= 0.3 is 15.6 Å². The Hall–Kier alpha value is -3.16. The highest BCUT2D eigenvalue weighted by Gasteiger charge is 2.43. The Morgan fingerprint density at radius 1 is 0.952 bits per heavy atom. The van der Waals surface area contributed by atoms with Gasteiger partial charge in [0.15, 0.2) is 22.6 Å². The molecule has 6 N–H and O–H groups in total. The van der Waals surface area contributed by atoms with Crippen LogP contribution in [0, 0.1) is 0 Å². The van der Waals surface area contributed by atoms with Gasteiger partial charge in [-0.3, -0.25) is 27.5 Å². The third-order valence-corrected chi connectivity index (χ3v) is 8.24. The minimum Gasteiger partial charge on any atom is -0.382 e. The van der Waals surface area contributed by atoms with E-state index in [1.165, 1.54) is 29.9 Å². The molecular formula is C20H25N9O11P2. The number of hydrogen-bond donors (Lipinski definition) is 5. The summed E-state index contributed by atoms with van der Waals surface area (Å²) in [6, 6.07) is 0. The van der Waals surface area contributed by atoms with E-state index in [4.69, 9.17) is 34.0 Å². The lowest BCUT2D eigenvalue weighted by molar-refractivity contribution is -0.0476. The van der Waals surface area contributed by atoms with Gasteiger partial charge < -0.3 is 34.9 Å². The third-order valence-electron chi connectivity index (χ3n) is 6.74. The van der Waals surface area contributed by atoms with Crippen molar-refractivity contribution >= 4 is 43.8 Å². The summed E-state index contributed by atoms with van der Waals surface area (Å²) in [5.74, 6) is 0.226. The Kier molecular flexibility index (Phi) is 7.69. The predicted octanol–water partition coefficient (Wildman–Crippen LogP) is 0.118.